The molecule has 2 N–H and O–H groups in total. The monoisotopic (exact) mass is 389 g/mol. The smallest absolute Gasteiger partial charge is 0.261 e. The summed E-state index contributed by atoms with van der Waals surface area (Å²) in [6.45, 7) is 1.74. The summed E-state index contributed by atoms with van der Waals surface area (Å²) >= 11 is 0. The molecule has 1 fully saturated rings. The summed E-state index contributed by atoms with van der Waals surface area (Å²) in [6, 6.07) is 15.4. The molecule has 3 heterocycles. The SMILES string of the molecule is O=c1c2ccccc2nc(C2CCCN2Cc2nc3ccccc3[nH]2)n1CCO. The van der Waals surface area contributed by atoms with Crippen molar-refractivity contribution in [3.05, 3.63) is 70.5 Å². The van der Waals surface area contributed by atoms with Crippen molar-refractivity contribution in [2.45, 2.75) is 32.0 Å². The molecule has 29 heavy (non-hydrogen) atoms. The van der Waals surface area contributed by atoms with Crippen LogP contribution in [0.1, 0.15) is 30.5 Å². The van der Waals surface area contributed by atoms with Gasteiger partial charge in [0.2, 0.25) is 0 Å². The van der Waals surface area contributed by atoms with Crippen LogP contribution in [0.2, 0.25) is 0 Å². The van der Waals surface area contributed by atoms with Gasteiger partial charge in [0.1, 0.15) is 11.6 Å². The molecule has 4 aromatic rings. The number of rotatable bonds is 5. The molecule has 1 aliphatic rings. The lowest BCUT2D eigenvalue weighted by Crippen LogP contribution is -2.33. The fourth-order valence-corrected chi connectivity index (χ4v) is 4.34. The van der Waals surface area contributed by atoms with Crippen molar-refractivity contribution in [3.63, 3.8) is 0 Å². The highest BCUT2D eigenvalue weighted by Gasteiger charge is 2.31. The number of aliphatic hydroxyl groups excluding tert-OH is 1. The molecule has 0 radical (unpaired) electrons. The van der Waals surface area contributed by atoms with Crippen molar-refractivity contribution in [2.75, 3.05) is 13.2 Å². The predicted molar refractivity (Wildman–Crippen MR) is 112 cm³/mol. The summed E-state index contributed by atoms with van der Waals surface area (Å²) in [5.41, 5.74) is 2.60. The second-order valence-electron chi connectivity index (χ2n) is 7.50. The summed E-state index contributed by atoms with van der Waals surface area (Å²) in [7, 11) is 0. The third-order valence-corrected chi connectivity index (χ3v) is 5.67. The van der Waals surface area contributed by atoms with Crippen molar-refractivity contribution in [1.29, 1.82) is 0 Å². The highest BCUT2D eigenvalue weighted by atomic mass is 16.3. The lowest BCUT2D eigenvalue weighted by atomic mass is 10.1. The zero-order valence-electron chi connectivity index (χ0n) is 16.1. The van der Waals surface area contributed by atoms with Crippen molar-refractivity contribution in [2.24, 2.45) is 0 Å². The quantitative estimate of drug-likeness (QED) is 0.548. The first-order valence-corrected chi connectivity index (χ1v) is 10.0. The minimum Gasteiger partial charge on any atom is -0.395 e. The molecule has 1 atom stereocenters. The zero-order valence-corrected chi connectivity index (χ0v) is 16.1. The minimum absolute atomic E-state index is 0.0204. The maximum absolute atomic E-state index is 13.1. The van der Waals surface area contributed by atoms with E-state index in [1.807, 2.05) is 42.5 Å². The zero-order chi connectivity index (χ0) is 19.8. The molecule has 0 bridgehead atoms. The van der Waals surface area contributed by atoms with Gasteiger partial charge in [-0.1, -0.05) is 24.3 Å². The number of nitrogens with zero attached hydrogens (tertiary/aromatic N) is 4. The fraction of sp³-hybridized carbons (Fsp3) is 0.318. The van der Waals surface area contributed by atoms with E-state index >= 15 is 0 Å². The standard InChI is InChI=1S/C22H23N5O2/c28-13-12-27-21(25-16-7-2-1-6-15(16)22(27)29)19-10-5-11-26(19)14-20-23-17-8-3-4-9-18(17)24-20/h1-4,6-9,19,28H,5,10-14H2,(H,23,24). The summed E-state index contributed by atoms with van der Waals surface area (Å²) in [6.07, 6.45) is 1.96. The number of benzene rings is 2. The highest BCUT2D eigenvalue weighted by molar-refractivity contribution is 5.77. The molecule has 0 aliphatic carbocycles. The molecule has 1 saturated heterocycles. The number of hydrogen-bond acceptors (Lipinski definition) is 5. The van der Waals surface area contributed by atoms with Gasteiger partial charge in [-0.25, -0.2) is 9.97 Å². The number of aromatic amines is 1. The molecule has 5 rings (SSSR count). The van der Waals surface area contributed by atoms with E-state index in [1.54, 1.807) is 10.6 Å². The number of imidazole rings is 1. The third kappa shape index (κ3) is 3.22. The molecule has 2 aromatic heterocycles. The Hall–Kier alpha value is -3.03. The molecular weight excluding hydrogens is 366 g/mol. The maximum Gasteiger partial charge on any atom is 0.261 e. The first-order valence-electron chi connectivity index (χ1n) is 10.0. The van der Waals surface area contributed by atoms with E-state index in [1.165, 1.54) is 0 Å². The first kappa shape index (κ1) is 18.0. The fourth-order valence-electron chi connectivity index (χ4n) is 4.34. The van der Waals surface area contributed by atoms with E-state index in [2.05, 4.69) is 9.88 Å². The lowest BCUT2D eigenvalue weighted by molar-refractivity contribution is 0.219. The molecule has 1 unspecified atom stereocenters. The molecule has 0 amide bonds. The number of fused-ring (bicyclic) bond motifs is 2. The normalized spacial score (nSPS) is 17.5. The van der Waals surface area contributed by atoms with Crippen molar-refractivity contribution < 1.29 is 5.11 Å². The summed E-state index contributed by atoms with van der Waals surface area (Å²) in [5, 5.41) is 10.1. The molecule has 0 saturated carbocycles. The number of H-pyrrole nitrogens is 1. The van der Waals surface area contributed by atoms with Crippen LogP contribution < -0.4 is 5.56 Å². The van der Waals surface area contributed by atoms with Crippen LogP contribution in [0.25, 0.3) is 21.9 Å². The Kier molecular flexibility index (Phi) is 4.61. The first-order chi connectivity index (χ1) is 14.2. The maximum atomic E-state index is 13.1. The van der Waals surface area contributed by atoms with Gasteiger partial charge in [-0.15, -0.1) is 0 Å². The summed E-state index contributed by atoms with van der Waals surface area (Å²) in [5.74, 6) is 1.64. The van der Waals surface area contributed by atoms with Gasteiger partial charge in [0.15, 0.2) is 0 Å². The number of aliphatic hydroxyl groups is 1. The van der Waals surface area contributed by atoms with Crippen LogP contribution in [0.3, 0.4) is 0 Å². The van der Waals surface area contributed by atoms with Crippen molar-refractivity contribution >= 4 is 21.9 Å². The van der Waals surface area contributed by atoms with Crippen LogP contribution in [0, 0.1) is 0 Å². The Labute approximate surface area is 167 Å². The number of aromatic nitrogens is 4. The Balaban J connectivity index is 1.54. The summed E-state index contributed by atoms with van der Waals surface area (Å²) < 4.78 is 1.64. The van der Waals surface area contributed by atoms with Crippen molar-refractivity contribution in [3.8, 4) is 0 Å². The second-order valence-corrected chi connectivity index (χ2v) is 7.50. The molecule has 1 aliphatic heterocycles. The van der Waals surface area contributed by atoms with Gasteiger partial charge < -0.3 is 10.1 Å². The van der Waals surface area contributed by atoms with Crippen LogP contribution in [0.15, 0.2) is 53.3 Å². The average Bonchev–Trinajstić information content (AvgIpc) is 3.36. The Morgan fingerprint density at radius 1 is 1.07 bits per heavy atom. The van der Waals surface area contributed by atoms with Gasteiger partial charge in [0.25, 0.3) is 5.56 Å². The Morgan fingerprint density at radius 3 is 2.69 bits per heavy atom. The van der Waals surface area contributed by atoms with E-state index in [4.69, 9.17) is 9.97 Å². The molecule has 7 nitrogen and oxygen atoms in total. The number of hydrogen-bond donors (Lipinski definition) is 2. The molecule has 2 aromatic carbocycles. The van der Waals surface area contributed by atoms with E-state index in [0.717, 1.165) is 42.1 Å². The van der Waals surface area contributed by atoms with Crippen molar-refractivity contribution in [1.82, 2.24) is 24.4 Å². The van der Waals surface area contributed by atoms with E-state index in [9.17, 15) is 9.90 Å². The summed E-state index contributed by atoms with van der Waals surface area (Å²) in [4.78, 5) is 28.3. The molecule has 7 heteroatoms. The number of nitrogens with one attached hydrogen (secondary N) is 1. The minimum atomic E-state index is -0.0940. The van der Waals surface area contributed by atoms with Gasteiger partial charge >= 0.3 is 0 Å². The van der Waals surface area contributed by atoms with Crippen LogP contribution in [-0.2, 0) is 13.1 Å². The van der Waals surface area contributed by atoms with Gasteiger partial charge in [0, 0.05) is 0 Å². The average molecular weight is 389 g/mol. The lowest BCUT2D eigenvalue weighted by Gasteiger charge is -2.25. The van der Waals surface area contributed by atoms with Crippen LogP contribution in [-0.4, -0.2) is 42.7 Å². The highest BCUT2D eigenvalue weighted by Crippen LogP contribution is 2.32. The van der Waals surface area contributed by atoms with Gasteiger partial charge in [-0.05, 0) is 43.7 Å². The molecule has 148 valence electrons. The largest absolute Gasteiger partial charge is 0.395 e. The van der Waals surface area contributed by atoms with E-state index < -0.39 is 0 Å². The molecule has 0 spiro atoms. The van der Waals surface area contributed by atoms with Gasteiger partial charge in [0.05, 0.1) is 47.7 Å². The van der Waals surface area contributed by atoms with Crippen LogP contribution in [0.5, 0.6) is 0 Å². The van der Waals surface area contributed by atoms with Crippen LogP contribution >= 0.6 is 0 Å². The third-order valence-electron chi connectivity index (χ3n) is 5.67. The Morgan fingerprint density at radius 2 is 1.86 bits per heavy atom. The van der Waals surface area contributed by atoms with E-state index in [0.29, 0.717) is 17.4 Å². The van der Waals surface area contributed by atoms with E-state index in [-0.39, 0.29) is 24.8 Å². The molecular formula is C22H23N5O2. The predicted octanol–water partition coefficient (Wildman–Crippen LogP) is 2.60. The number of likely N-dealkylation sites (tertiary alicyclic amines) is 1. The van der Waals surface area contributed by atoms with Crippen LogP contribution in [0.4, 0.5) is 0 Å². The van der Waals surface area contributed by atoms with Gasteiger partial charge in [-0.3, -0.25) is 14.3 Å². The second kappa shape index (κ2) is 7.42. The topological polar surface area (TPSA) is 87.0 Å². The van der Waals surface area contributed by atoms with Gasteiger partial charge in [-0.2, -0.15) is 0 Å². The number of para-hydroxylation sites is 3. The Bertz CT molecular complexity index is 1200.